The van der Waals surface area contributed by atoms with E-state index in [0.29, 0.717) is 11.3 Å². The molecule has 0 fully saturated rings. The van der Waals surface area contributed by atoms with E-state index >= 15 is 0 Å². The van der Waals surface area contributed by atoms with E-state index in [-0.39, 0.29) is 5.75 Å². The van der Waals surface area contributed by atoms with E-state index in [0.717, 1.165) is 0 Å². The van der Waals surface area contributed by atoms with Crippen LogP contribution in [0.3, 0.4) is 0 Å². The van der Waals surface area contributed by atoms with Crippen LogP contribution in [0.5, 0.6) is 0 Å². The average Bonchev–Trinajstić information content (AvgIpc) is 2.37. The molecule has 0 unspecified atom stereocenters. The van der Waals surface area contributed by atoms with Gasteiger partial charge in [0.1, 0.15) is 0 Å². The first kappa shape index (κ1) is 8.74. The molecule has 1 aromatic rings. The molecule has 0 aliphatic rings. The first-order valence-electron chi connectivity index (χ1n) is 3.42. The summed E-state index contributed by atoms with van der Waals surface area (Å²) in [6.07, 6.45) is 0.679. The molecule has 0 atom stereocenters. The third-order valence-electron chi connectivity index (χ3n) is 1.33. The molecule has 1 heterocycles. The fraction of sp³-hybridized carbons (Fsp3) is 0.429. The molecule has 0 saturated carbocycles. The van der Waals surface area contributed by atoms with Crippen molar-refractivity contribution in [3.63, 3.8) is 0 Å². The maximum Gasteiger partial charge on any atom is 0.179 e. The van der Waals surface area contributed by atoms with E-state index in [9.17, 15) is 8.42 Å². The van der Waals surface area contributed by atoms with Crippen LogP contribution in [-0.4, -0.2) is 14.2 Å². The number of rotatable bonds is 3. The van der Waals surface area contributed by atoms with Gasteiger partial charge in [-0.2, -0.15) is 11.3 Å². The Morgan fingerprint density at radius 1 is 1.55 bits per heavy atom. The van der Waals surface area contributed by atoms with Crippen molar-refractivity contribution in [3.8, 4) is 0 Å². The average molecular weight is 190 g/mol. The summed E-state index contributed by atoms with van der Waals surface area (Å²) in [5, 5.41) is 3.45. The zero-order valence-corrected chi connectivity index (χ0v) is 7.91. The molecule has 4 heteroatoms. The molecule has 62 valence electrons. The highest BCUT2D eigenvalue weighted by Gasteiger charge is 2.12. The van der Waals surface area contributed by atoms with Crippen molar-refractivity contribution in [2.75, 3.05) is 5.75 Å². The number of hydrogen-bond donors (Lipinski definition) is 0. The van der Waals surface area contributed by atoms with Crippen molar-refractivity contribution < 1.29 is 8.42 Å². The summed E-state index contributed by atoms with van der Waals surface area (Å²) in [4.78, 5) is 0.462. The van der Waals surface area contributed by atoms with Gasteiger partial charge >= 0.3 is 0 Å². The Labute approximate surface area is 70.8 Å². The molecule has 0 bridgehead atoms. The third-order valence-corrected chi connectivity index (χ3v) is 4.08. The van der Waals surface area contributed by atoms with Crippen LogP contribution in [0.4, 0.5) is 0 Å². The molecule has 1 rings (SSSR count). The first-order valence-corrected chi connectivity index (χ1v) is 6.01. The van der Waals surface area contributed by atoms with Gasteiger partial charge in [-0.3, -0.25) is 0 Å². The van der Waals surface area contributed by atoms with Crippen molar-refractivity contribution in [1.29, 1.82) is 0 Å². The molecule has 1 aromatic heterocycles. The van der Waals surface area contributed by atoms with E-state index in [1.807, 2.05) is 6.92 Å². The Morgan fingerprint density at radius 3 is 2.73 bits per heavy atom. The fourth-order valence-electron chi connectivity index (χ4n) is 0.816. The third kappa shape index (κ3) is 2.04. The lowest BCUT2D eigenvalue weighted by Gasteiger charge is -1.96. The second kappa shape index (κ2) is 3.36. The Hall–Kier alpha value is -0.350. The van der Waals surface area contributed by atoms with Gasteiger partial charge < -0.3 is 0 Å². The SMILES string of the molecule is CCCS(=O)(=O)c1ccsc1. The Morgan fingerprint density at radius 2 is 2.27 bits per heavy atom. The quantitative estimate of drug-likeness (QED) is 0.730. The van der Waals surface area contributed by atoms with E-state index in [4.69, 9.17) is 0 Å². The Kier molecular flexibility index (Phi) is 2.67. The van der Waals surface area contributed by atoms with E-state index < -0.39 is 9.84 Å². The minimum absolute atomic E-state index is 0.254. The molecular weight excluding hydrogens is 180 g/mol. The van der Waals surface area contributed by atoms with Crippen molar-refractivity contribution in [2.45, 2.75) is 18.2 Å². The van der Waals surface area contributed by atoms with Crippen molar-refractivity contribution in [3.05, 3.63) is 16.8 Å². The monoisotopic (exact) mass is 190 g/mol. The minimum Gasteiger partial charge on any atom is -0.224 e. The van der Waals surface area contributed by atoms with Gasteiger partial charge in [-0.1, -0.05) is 6.92 Å². The topological polar surface area (TPSA) is 34.1 Å². The maximum atomic E-state index is 11.3. The molecule has 0 spiro atoms. The van der Waals surface area contributed by atoms with Crippen LogP contribution < -0.4 is 0 Å². The van der Waals surface area contributed by atoms with E-state index in [1.54, 1.807) is 16.8 Å². The molecule has 0 amide bonds. The normalized spacial score (nSPS) is 11.7. The number of thiophene rings is 1. The molecule has 0 aromatic carbocycles. The fourth-order valence-corrected chi connectivity index (χ4v) is 3.22. The van der Waals surface area contributed by atoms with Gasteiger partial charge in [-0.05, 0) is 17.9 Å². The lowest BCUT2D eigenvalue weighted by atomic mass is 10.6. The van der Waals surface area contributed by atoms with Crippen molar-refractivity contribution in [1.82, 2.24) is 0 Å². The van der Waals surface area contributed by atoms with Gasteiger partial charge in [0, 0.05) is 5.38 Å². The smallest absolute Gasteiger partial charge is 0.179 e. The highest BCUT2D eigenvalue weighted by molar-refractivity contribution is 7.91. The summed E-state index contributed by atoms with van der Waals surface area (Å²) < 4.78 is 22.6. The summed E-state index contributed by atoms with van der Waals surface area (Å²) in [7, 11) is -2.96. The summed E-state index contributed by atoms with van der Waals surface area (Å²) in [6.45, 7) is 1.86. The minimum atomic E-state index is -2.96. The van der Waals surface area contributed by atoms with Gasteiger partial charge in [0.2, 0.25) is 0 Å². The highest BCUT2D eigenvalue weighted by atomic mass is 32.2. The molecule has 11 heavy (non-hydrogen) atoms. The summed E-state index contributed by atoms with van der Waals surface area (Å²) in [6, 6.07) is 1.65. The zero-order chi connectivity index (χ0) is 8.32. The second-order valence-corrected chi connectivity index (χ2v) is 5.17. The summed E-state index contributed by atoms with van der Waals surface area (Å²) in [5.41, 5.74) is 0. The molecule has 0 radical (unpaired) electrons. The van der Waals surface area contributed by atoms with Gasteiger partial charge in [0.15, 0.2) is 9.84 Å². The second-order valence-electron chi connectivity index (χ2n) is 2.28. The van der Waals surface area contributed by atoms with Crippen LogP contribution in [0.2, 0.25) is 0 Å². The van der Waals surface area contributed by atoms with Crippen molar-refractivity contribution in [2.24, 2.45) is 0 Å². The maximum absolute atomic E-state index is 11.3. The van der Waals surface area contributed by atoms with Crippen molar-refractivity contribution >= 4 is 21.2 Å². The molecule has 0 saturated heterocycles. The Bertz CT molecular complexity index is 297. The van der Waals surface area contributed by atoms with Gasteiger partial charge in [0.05, 0.1) is 10.6 Å². The van der Waals surface area contributed by atoms with Crippen LogP contribution in [-0.2, 0) is 9.84 Å². The largest absolute Gasteiger partial charge is 0.224 e. The predicted octanol–water partition coefficient (Wildman–Crippen LogP) is 1.93. The van der Waals surface area contributed by atoms with Gasteiger partial charge in [-0.25, -0.2) is 8.42 Å². The molecule has 2 nitrogen and oxygen atoms in total. The molecule has 0 N–H and O–H groups in total. The molecular formula is C7H10O2S2. The molecule has 0 aliphatic heterocycles. The van der Waals surface area contributed by atoms with Gasteiger partial charge in [-0.15, -0.1) is 0 Å². The molecule has 0 aliphatic carbocycles. The zero-order valence-electron chi connectivity index (χ0n) is 6.28. The van der Waals surface area contributed by atoms with Crippen LogP contribution in [0.1, 0.15) is 13.3 Å². The summed E-state index contributed by atoms with van der Waals surface area (Å²) in [5.74, 6) is 0.254. The van der Waals surface area contributed by atoms with Crippen LogP contribution in [0.15, 0.2) is 21.7 Å². The van der Waals surface area contributed by atoms with Gasteiger partial charge in [0.25, 0.3) is 0 Å². The van der Waals surface area contributed by atoms with E-state index in [1.165, 1.54) is 11.3 Å². The first-order chi connectivity index (χ1) is 5.17. The lowest BCUT2D eigenvalue weighted by Crippen LogP contribution is -2.03. The van der Waals surface area contributed by atoms with Crippen LogP contribution in [0.25, 0.3) is 0 Å². The lowest BCUT2D eigenvalue weighted by molar-refractivity contribution is 0.595. The summed E-state index contributed by atoms with van der Waals surface area (Å²) >= 11 is 1.41. The number of hydrogen-bond acceptors (Lipinski definition) is 3. The standard InChI is InChI=1S/C7H10O2S2/c1-2-5-11(8,9)7-3-4-10-6-7/h3-4,6H,2,5H2,1H3. The number of sulfone groups is 1. The highest BCUT2D eigenvalue weighted by Crippen LogP contribution is 2.14. The predicted molar refractivity (Wildman–Crippen MR) is 46.7 cm³/mol. The van der Waals surface area contributed by atoms with Crippen LogP contribution in [0, 0.1) is 0 Å². The van der Waals surface area contributed by atoms with Crippen LogP contribution >= 0.6 is 11.3 Å². The Balaban J connectivity index is 2.92. The van der Waals surface area contributed by atoms with E-state index in [2.05, 4.69) is 0 Å².